The number of nitrogens with zero attached hydrogens (tertiary/aromatic N) is 1. The highest BCUT2D eigenvalue weighted by molar-refractivity contribution is 5.76. The summed E-state index contributed by atoms with van der Waals surface area (Å²) in [4.78, 5) is 24.9. The number of carbonyl (C=O) groups excluding carboxylic acids is 1. The molecular formula is C17H23FN2O4. The molecule has 2 amide bonds. The Morgan fingerprint density at radius 3 is 2.88 bits per heavy atom. The summed E-state index contributed by atoms with van der Waals surface area (Å²) in [6, 6.07) is 3.94. The van der Waals surface area contributed by atoms with Crippen molar-refractivity contribution < 1.29 is 23.8 Å². The van der Waals surface area contributed by atoms with Crippen molar-refractivity contribution >= 4 is 12.0 Å². The summed E-state index contributed by atoms with van der Waals surface area (Å²) < 4.78 is 18.5. The van der Waals surface area contributed by atoms with Gasteiger partial charge < -0.3 is 20.1 Å². The third kappa shape index (κ3) is 4.84. The number of ether oxygens (including phenoxy) is 1. The van der Waals surface area contributed by atoms with Gasteiger partial charge in [0.15, 0.2) is 0 Å². The summed E-state index contributed by atoms with van der Waals surface area (Å²) in [5.41, 5.74) is 0.724. The van der Waals surface area contributed by atoms with Crippen LogP contribution in [0.15, 0.2) is 18.2 Å². The van der Waals surface area contributed by atoms with E-state index < -0.39 is 11.9 Å². The highest BCUT2D eigenvalue weighted by atomic mass is 19.1. The molecule has 0 bridgehead atoms. The van der Waals surface area contributed by atoms with Crippen molar-refractivity contribution in [3.63, 3.8) is 0 Å². The summed E-state index contributed by atoms with van der Waals surface area (Å²) in [7, 11) is 1.47. The number of aliphatic carboxylic acids is 1. The number of carboxylic acids is 1. The number of halogens is 1. The molecule has 0 radical (unpaired) electrons. The van der Waals surface area contributed by atoms with Crippen LogP contribution in [-0.4, -0.2) is 48.2 Å². The van der Waals surface area contributed by atoms with Gasteiger partial charge in [-0.05, 0) is 43.9 Å². The molecule has 1 heterocycles. The van der Waals surface area contributed by atoms with E-state index in [1.54, 1.807) is 6.07 Å². The molecule has 1 unspecified atom stereocenters. The van der Waals surface area contributed by atoms with Crippen LogP contribution in [0.5, 0.6) is 5.75 Å². The van der Waals surface area contributed by atoms with Gasteiger partial charge in [-0.2, -0.15) is 0 Å². The summed E-state index contributed by atoms with van der Waals surface area (Å²) in [6.07, 6.45) is 1.73. The number of likely N-dealkylation sites (tertiary alicyclic amines) is 1. The van der Waals surface area contributed by atoms with E-state index >= 15 is 0 Å². The number of piperidine rings is 1. The Labute approximate surface area is 140 Å². The van der Waals surface area contributed by atoms with E-state index in [1.165, 1.54) is 24.1 Å². The molecule has 2 rings (SSSR count). The SMILES string of the molecule is COc1cc(F)cc(CC(C)NC(=O)N2CCC[C@@H](C(=O)O)C2)c1. The number of urea groups is 1. The summed E-state index contributed by atoms with van der Waals surface area (Å²) in [5, 5.41) is 11.9. The molecule has 0 aliphatic carbocycles. The molecule has 0 saturated carbocycles. The molecule has 1 aromatic rings. The van der Waals surface area contributed by atoms with Gasteiger partial charge in [0, 0.05) is 25.2 Å². The second-order valence-electron chi connectivity index (χ2n) is 6.18. The highest BCUT2D eigenvalue weighted by Gasteiger charge is 2.28. The lowest BCUT2D eigenvalue weighted by Gasteiger charge is -2.31. The van der Waals surface area contributed by atoms with Crippen molar-refractivity contribution in [2.75, 3.05) is 20.2 Å². The van der Waals surface area contributed by atoms with Gasteiger partial charge in [-0.15, -0.1) is 0 Å². The van der Waals surface area contributed by atoms with Gasteiger partial charge in [-0.1, -0.05) is 0 Å². The summed E-state index contributed by atoms with van der Waals surface area (Å²) in [6.45, 7) is 2.60. The average molecular weight is 338 g/mol. The zero-order valence-corrected chi connectivity index (χ0v) is 13.9. The van der Waals surface area contributed by atoms with Gasteiger partial charge in [0.25, 0.3) is 0 Å². The second-order valence-corrected chi connectivity index (χ2v) is 6.18. The van der Waals surface area contributed by atoms with E-state index in [-0.39, 0.29) is 24.4 Å². The average Bonchev–Trinajstić information content (AvgIpc) is 2.54. The second kappa shape index (κ2) is 7.99. The van der Waals surface area contributed by atoms with Crippen LogP contribution in [0.3, 0.4) is 0 Å². The molecule has 7 heteroatoms. The number of methoxy groups -OCH3 is 1. The first-order valence-corrected chi connectivity index (χ1v) is 8.00. The van der Waals surface area contributed by atoms with E-state index in [9.17, 15) is 14.0 Å². The van der Waals surface area contributed by atoms with Crippen LogP contribution in [0.1, 0.15) is 25.3 Å². The van der Waals surface area contributed by atoms with Gasteiger partial charge in [0.05, 0.1) is 13.0 Å². The monoisotopic (exact) mass is 338 g/mol. The number of hydrogen-bond donors (Lipinski definition) is 2. The Morgan fingerprint density at radius 2 is 2.21 bits per heavy atom. The van der Waals surface area contributed by atoms with Crippen LogP contribution >= 0.6 is 0 Å². The quantitative estimate of drug-likeness (QED) is 0.863. The van der Waals surface area contributed by atoms with Gasteiger partial charge in [0.1, 0.15) is 11.6 Å². The minimum atomic E-state index is -0.868. The van der Waals surface area contributed by atoms with Crippen molar-refractivity contribution in [3.05, 3.63) is 29.6 Å². The largest absolute Gasteiger partial charge is 0.497 e. The van der Waals surface area contributed by atoms with E-state index in [1.807, 2.05) is 6.92 Å². The van der Waals surface area contributed by atoms with Crippen molar-refractivity contribution in [3.8, 4) is 5.75 Å². The van der Waals surface area contributed by atoms with E-state index in [0.717, 1.165) is 5.56 Å². The number of carbonyl (C=O) groups is 2. The number of nitrogens with one attached hydrogen (secondary N) is 1. The minimum absolute atomic E-state index is 0.214. The van der Waals surface area contributed by atoms with Crippen LogP contribution in [0.2, 0.25) is 0 Å². The molecule has 0 aromatic heterocycles. The van der Waals surface area contributed by atoms with Gasteiger partial charge >= 0.3 is 12.0 Å². The molecule has 132 valence electrons. The summed E-state index contributed by atoms with van der Waals surface area (Å²) in [5.74, 6) is -1.33. The molecule has 24 heavy (non-hydrogen) atoms. The lowest BCUT2D eigenvalue weighted by atomic mass is 9.98. The van der Waals surface area contributed by atoms with Crippen molar-refractivity contribution in [2.24, 2.45) is 5.92 Å². The Bertz CT molecular complexity index is 608. The number of rotatable bonds is 5. The molecule has 1 saturated heterocycles. The molecule has 0 spiro atoms. The number of amides is 2. The topological polar surface area (TPSA) is 78.9 Å². The van der Waals surface area contributed by atoms with Crippen LogP contribution in [0.25, 0.3) is 0 Å². The molecule has 2 atom stereocenters. The van der Waals surface area contributed by atoms with Crippen LogP contribution in [-0.2, 0) is 11.2 Å². The van der Waals surface area contributed by atoms with E-state index in [0.29, 0.717) is 31.6 Å². The molecule has 6 nitrogen and oxygen atoms in total. The first kappa shape index (κ1) is 18.0. The lowest BCUT2D eigenvalue weighted by molar-refractivity contribution is -0.143. The standard InChI is InChI=1S/C17H23FN2O4/c1-11(6-12-7-14(18)9-15(8-12)24-2)19-17(23)20-5-3-4-13(10-20)16(21)22/h7-9,11,13H,3-6,10H2,1-2H3,(H,19,23)(H,21,22)/t11?,13-/m1/s1. The van der Waals surface area contributed by atoms with Crippen molar-refractivity contribution in [2.45, 2.75) is 32.2 Å². The molecular weight excluding hydrogens is 315 g/mol. The third-order valence-electron chi connectivity index (χ3n) is 4.14. The smallest absolute Gasteiger partial charge is 0.317 e. The Balaban J connectivity index is 1.92. The number of hydrogen-bond acceptors (Lipinski definition) is 3. The fourth-order valence-electron chi connectivity index (χ4n) is 2.93. The van der Waals surface area contributed by atoms with E-state index in [2.05, 4.69) is 5.32 Å². The first-order chi connectivity index (χ1) is 11.4. The third-order valence-corrected chi connectivity index (χ3v) is 4.14. The van der Waals surface area contributed by atoms with Gasteiger partial charge in [-0.3, -0.25) is 4.79 Å². The Hall–Kier alpha value is -2.31. The lowest BCUT2D eigenvalue weighted by Crippen LogP contribution is -2.49. The zero-order chi connectivity index (χ0) is 17.7. The molecule has 2 N–H and O–H groups in total. The molecule has 1 aliphatic rings. The molecule has 1 aliphatic heterocycles. The summed E-state index contributed by atoms with van der Waals surface area (Å²) >= 11 is 0. The Morgan fingerprint density at radius 1 is 1.46 bits per heavy atom. The van der Waals surface area contributed by atoms with Crippen molar-refractivity contribution in [1.82, 2.24) is 10.2 Å². The van der Waals surface area contributed by atoms with Crippen LogP contribution in [0.4, 0.5) is 9.18 Å². The van der Waals surface area contributed by atoms with E-state index in [4.69, 9.17) is 9.84 Å². The maximum atomic E-state index is 13.5. The Kier molecular flexibility index (Phi) is 6.00. The van der Waals surface area contributed by atoms with Gasteiger partial charge in [0.2, 0.25) is 0 Å². The normalized spacial score (nSPS) is 18.8. The molecule has 1 fully saturated rings. The van der Waals surface area contributed by atoms with Gasteiger partial charge in [-0.25, -0.2) is 9.18 Å². The maximum Gasteiger partial charge on any atom is 0.317 e. The zero-order valence-electron chi connectivity index (χ0n) is 13.9. The number of carboxylic acid groups (broad SMARTS) is 1. The van der Waals surface area contributed by atoms with Crippen molar-refractivity contribution in [1.29, 1.82) is 0 Å². The first-order valence-electron chi connectivity index (χ1n) is 8.00. The predicted molar refractivity (Wildman–Crippen MR) is 86.6 cm³/mol. The highest BCUT2D eigenvalue weighted by Crippen LogP contribution is 2.18. The number of benzene rings is 1. The fourth-order valence-corrected chi connectivity index (χ4v) is 2.93. The minimum Gasteiger partial charge on any atom is -0.497 e. The van der Waals surface area contributed by atoms with Crippen LogP contribution in [0, 0.1) is 11.7 Å². The fraction of sp³-hybridized carbons (Fsp3) is 0.529. The molecule has 1 aromatic carbocycles. The maximum absolute atomic E-state index is 13.5. The van der Waals surface area contributed by atoms with Crippen LogP contribution < -0.4 is 10.1 Å². The predicted octanol–water partition coefficient (Wildman–Crippen LogP) is 2.27.